The van der Waals surface area contributed by atoms with Gasteiger partial charge >= 0.3 is 5.97 Å². The molecular weight excluding hydrogens is 258 g/mol. The molecule has 0 fully saturated rings. The van der Waals surface area contributed by atoms with Crippen molar-refractivity contribution in [1.29, 1.82) is 0 Å². The molecule has 1 aromatic heterocycles. The fraction of sp³-hybridized carbons (Fsp3) is 0.500. The fourth-order valence-corrected chi connectivity index (χ4v) is 1.97. The van der Waals surface area contributed by atoms with Gasteiger partial charge in [0.15, 0.2) is 0 Å². The van der Waals surface area contributed by atoms with Crippen LogP contribution in [0, 0.1) is 13.8 Å². The van der Waals surface area contributed by atoms with Gasteiger partial charge in [0.05, 0.1) is 12.1 Å². The predicted molar refractivity (Wildman–Crippen MR) is 75.4 cm³/mol. The summed E-state index contributed by atoms with van der Waals surface area (Å²) < 4.78 is 1.71. The van der Waals surface area contributed by atoms with Gasteiger partial charge in [-0.05, 0) is 27.2 Å². The first-order valence-electron chi connectivity index (χ1n) is 6.49. The van der Waals surface area contributed by atoms with E-state index in [1.165, 1.54) is 0 Å². The number of carboxylic acid groups (broad SMARTS) is 1. The van der Waals surface area contributed by atoms with Crippen LogP contribution < -0.4 is 5.32 Å². The lowest BCUT2D eigenvalue weighted by Crippen LogP contribution is -2.41. The summed E-state index contributed by atoms with van der Waals surface area (Å²) in [6.45, 7) is 5.53. The summed E-state index contributed by atoms with van der Waals surface area (Å²) in [5.74, 6) is -1.34. The van der Waals surface area contributed by atoms with Gasteiger partial charge in [-0.3, -0.25) is 9.48 Å². The summed E-state index contributed by atoms with van der Waals surface area (Å²) in [5, 5.41) is 15.8. The molecule has 0 aliphatic heterocycles. The number of hydrogen-bond donors (Lipinski definition) is 2. The Morgan fingerprint density at radius 2 is 2.10 bits per heavy atom. The Morgan fingerprint density at radius 3 is 2.55 bits per heavy atom. The van der Waals surface area contributed by atoms with Crippen molar-refractivity contribution in [3.63, 3.8) is 0 Å². The maximum Gasteiger partial charge on any atom is 0.326 e. The monoisotopic (exact) mass is 279 g/mol. The Bertz CT molecular complexity index is 532. The molecule has 0 saturated carbocycles. The Kier molecular flexibility index (Phi) is 5.49. The largest absolute Gasteiger partial charge is 0.480 e. The summed E-state index contributed by atoms with van der Waals surface area (Å²) in [5.41, 5.74) is 2.55. The van der Waals surface area contributed by atoms with E-state index in [4.69, 9.17) is 5.11 Å². The van der Waals surface area contributed by atoms with Crippen LogP contribution in [0.25, 0.3) is 0 Å². The molecule has 0 aromatic carbocycles. The lowest BCUT2D eigenvalue weighted by Gasteiger charge is -2.12. The first-order chi connectivity index (χ1) is 9.36. The lowest BCUT2D eigenvalue weighted by atomic mass is 10.1. The van der Waals surface area contributed by atoms with E-state index in [1.807, 2.05) is 27.8 Å². The average Bonchev–Trinajstić information content (AvgIpc) is 2.61. The second-order valence-electron chi connectivity index (χ2n) is 4.71. The highest BCUT2D eigenvalue weighted by molar-refractivity contribution is 5.85. The van der Waals surface area contributed by atoms with Crippen molar-refractivity contribution in [2.75, 3.05) is 0 Å². The molecule has 1 aromatic rings. The van der Waals surface area contributed by atoms with Gasteiger partial charge in [0, 0.05) is 18.3 Å². The Morgan fingerprint density at radius 1 is 1.45 bits per heavy atom. The minimum atomic E-state index is -1.03. The molecule has 2 N–H and O–H groups in total. The fourth-order valence-electron chi connectivity index (χ4n) is 1.97. The van der Waals surface area contributed by atoms with Gasteiger partial charge in [-0.25, -0.2) is 4.79 Å². The molecule has 1 atom stereocenters. The van der Waals surface area contributed by atoms with E-state index in [9.17, 15) is 9.59 Å². The van der Waals surface area contributed by atoms with Gasteiger partial charge in [0.1, 0.15) is 6.04 Å². The highest BCUT2D eigenvalue weighted by Crippen LogP contribution is 2.12. The maximum absolute atomic E-state index is 12.0. The Hall–Kier alpha value is -2.11. The van der Waals surface area contributed by atoms with Crippen LogP contribution in [0.3, 0.4) is 0 Å². The van der Waals surface area contributed by atoms with Crippen molar-refractivity contribution in [3.05, 3.63) is 29.1 Å². The Balaban J connectivity index is 2.73. The molecule has 0 radical (unpaired) electrons. The number of carbonyl (C=O) groups excluding carboxylic acids is 1. The normalized spacial score (nSPS) is 12.6. The van der Waals surface area contributed by atoms with Crippen molar-refractivity contribution in [1.82, 2.24) is 15.1 Å². The van der Waals surface area contributed by atoms with Crippen LogP contribution in [0.1, 0.15) is 30.3 Å². The first-order valence-corrected chi connectivity index (χ1v) is 6.49. The molecule has 1 rings (SSSR count). The molecule has 110 valence electrons. The van der Waals surface area contributed by atoms with Gasteiger partial charge in [-0.2, -0.15) is 5.10 Å². The van der Waals surface area contributed by atoms with E-state index < -0.39 is 12.0 Å². The third-order valence-corrected chi connectivity index (χ3v) is 3.24. The number of rotatable bonds is 6. The Labute approximate surface area is 118 Å². The molecule has 1 amide bonds. The van der Waals surface area contributed by atoms with Crippen LogP contribution >= 0.6 is 0 Å². The number of hydrogen-bond acceptors (Lipinski definition) is 3. The van der Waals surface area contributed by atoms with Crippen molar-refractivity contribution in [3.8, 4) is 0 Å². The third-order valence-electron chi connectivity index (χ3n) is 3.24. The maximum atomic E-state index is 12.0. The van der Waals surface area contributed by atoms with Crippen molar-refractivity contribution >= 4 is 11.9 Å². The van der Waals surface area contributed by atoms with Crippen LogP contribution in [-0.2, 0) is 23.1 Å². The second kappa shape index (κ2) is 6.88. The van der Waals surface area contributed by atoms with Crippen LogP contribution in [-0.4, -0.2) is 32.8 Å². The molecule has 0 aliphatic carbocycles. The minimum absolute atomic E-state index is 0.144. The SMILES string of the molecule is C/C=C/CC(NC(=O)Cc1c(C)nn(C)c1C)C(=O)O. The summed E-state index contributed by atoms with van der Waals surface area (Å²) in [4.78, 5) is 23.0. The molecule has 0 aliphatic rings. The highest BCUT2D eigenvalue weighted by atomic mass is 16.4. The molecule has 20 heavy (non-hydrogen) atoms. The summed E-state index contributed by atoms with van der Waals surface area (Å²) >= 11 is 0. The number of nitrogens with zero attached hydrogens (tertiary/aromatic N) is 2. The standard InChI is InChI=1S/C14H21N3O3/c1-5-6-7-12(14(19)20)15-13(18)8-11-9(2)16-17(4)10(11)3/h5-6,12H,7-8H2,1-4H3,(H,15,18)(H,19,20)/b6-5+. The van der Waals surface area contributed by atoms with Gasteiger partial charge in [0.2, 0.25) is 5.91 Å². The van der Waals surface area contributed by atoms with Crippen LogP contribution in [0.5, 0.6) is 0 Å². The van der Waals surface area contributed by atoms with Gasteiger partial charge in [0.25, 0.3) is 0 Å². The zero-order valence-corrected chi connectivity index (χ0v) is 12.3. The van der Waals surface area contributed by atoms with Gasteiger partial charge in [-0.1, -0.05) is 12.2 Å². The summed E-state index contributed by atoms with van der Waals surface area (Å²) in [7, 11) is 1.82. The average molecular weight is 279 g/mol. The third kappa shape index (κ3) is 3.94. The number of aliphatic carboxylic acids is 1. The zero-order chi connectivity index (χ0) is 15.3. The molecule has 6 nitrogen and oxygen atoms in total. The van der Waals surface area contributed by atoms with Crippen LogP contribution in [0.15, 0.2) is 12.2 Å². The molecule has 0 spiro atoms. The molecule has 1 heterocycles. The first kappa shape index (κ1) is 15.9. The lowest BCUT2D eigenvalue weighted by molar-refractivity contribution is -0.141. The van der Waals surface area contributed by atoms with E-state index in [1.54, 1.807) is 16.8 Å². The molecule has 6 heteroatoms. The highest BCUT2D eigenvalue weighted by Gasteiger charge is 2.20. The molecule has 0 saturated heterocycles. The molecule has 1 unspecified atom stereocenters. The number of carbonyl (C=O) groups is 2. The van der Waals surface area contributed by atoms with Crippen molar-refractivity contribution in [2.24, 2.45) is 7.05 Å². The van der Waals surface area contributed by atoms with Crippen molar-refractivity contribution < 1.29 is 14.7 Å². The number of aryl methyl sites for hydroxylation is 2. The topological polar surface area (TPSA) is 84.2 Å². The van der Waals surface area contributed by atoms with Gasteiger partial charge in [-0.15, -0.1) is 0 Å². The number of nitrogens with one attached hydrogen (secondary N) is 1. The van der Waals surface area contributed by atoms with E-state index in [2.05, 4.69) is 10.4 Å². The molecular formula is C14H21N3O3. The number of allylic oxidation sites excluding steroid dienone is 1. The van der Waals surface area contributed by atoms with E-state index in [0.717, 1.165) is 17.0 Å². The number of amides is 1. The number of aromatic nitrogens is 2. The summed E-state index contributed by atoms with van der Waals surface area (Å²) in [6.07, 6.45) is 3.91. The van der Waals surface area contributed by atoms with Gasteiger partial charge < -0.3 is 10.4 Å². The predicted octanol–water partition coefficient (Wildman–Crippen LogP) is 1.12. The zero-order valence-electron chi connectivity index (χ0n) is 12.3. The smallest absolute Gasteiger partial charge is 0.326 e. The second-order valence-corrected chi connectivity index (χ2v) is 4.71. The number of carboxylic acids is 1. The van der Waals surface area contributed by atoms with Crippen LogP contribution in [0.2, 0.25) is 0 Å². The van der Waals surface area contributed by atoms with E-state index >= 15 is 0 Å². The minimum Gasteiger partial charge on any atom is -0.480 e. The van der Waals surface area contributed by atoms with Crippen LogP contribution in [0.4, 0.5) is 0 Å². The van der Waals surface area contributed by atoms with E-state index in [-0.39, 0.29) is 18.7 Å². The molecule has 0 bridgehead atoms. The summed E-state index contributed by atoms with van der Waals surface area (Å²) in [6, 6.07) is -0.893. The van der Waals surface area contributed by atoms with Crippen molar-refractivity contribution in [2.45, 2.75) is 39.7 Å². The van der Waals surface area contributed by atoms with E-state index in [0.29, 0.717) is 0 Å². The quantitative estimate of drug-likeness (QED) is 0.764.